The zero-order valence-corrected chi connectivity index (χ0v) is 19.5. The summed E-state index contributed by atoms with van der Waals surface area (Å²) in [5.74, 6) is 0.611. The number of carbonyl (C=O) groups excluding carboxylic acids is 1. The molecule has 1 saturated carbocycles. The van der Waals surface area contributed by atoms with Gasteiger partial charge in [-0.15, -0.1) is 0 Å². The van der Waals surface area contributed by atoms with Crippen LogP contribution in [0, 0.1) is 11.7 Å². The molecule has 0 aliphatic heterocycles. The van der Waals surface area contributed by atoms with Gasteiger partial charge in [0.2, 0.25) is 0 Å². The highest BCUT2D eigenvalue weighted by atomic mass is 35.5. The molecule has 1 aromatic heterocycles. The molecule has 1 aliphatic rings. The van der Waals surface area contributed by atoms with Gasteiger partial charge in [-0.25, -0.2) is 4.39 Å². The first-order chi connectivity index (χ1) is 15.9. The van der Waals surface area contributed by atoms with Crippen molar-refractivity contribution in [3.63, 3.8) is 0 Å². The molecule has 5 nitrogen and oxygen atoms in total. The lowest BCUT2D eigenvalue weighted by Gasteiger charge is -2.17. The van der Waals surface area contributed by atoms with Crippen LogP contribution in [0.3, 0.4) is 0 Å². The molecule has 176 valence electrons. The largest absolute Gasteiger partial charge is 0.491 e. The number of aliphatic hydroxyl groups is 1. The number of aliphatic hydroxyl groups excluding tert-OH is 1. The van der Waals surface area contributed by atoms with Crippen LogP contribution in [-0.2, 0) is 0 Å². The van der Waals surface area contributed by atoms with Crippen LogP contribution in [0.5, 0.6) is 5.75 Å². The summed E-state index contributed by atoms with van der Waals surface area (Å²) >= 11 is 11.6. The van der Waals surface area contributed by atoms with Gasteiger partial charge in [0.1, 0.15) is 29.9 Å². The van der Waals surface area contributed by atoms with E-state index >= 15 is 0 Å². The maximum Gasteiger partial charge on any atom is 0.198 e. The molecule has 2 N–H and O–H groups in total. The number of hydrogen-bond acceptors (Lipinski definition) is 5. The van der Waals surface area contributed by atoms with Gasteiger partial charge in [0.15, 0.2) is 11.5 Å². The summed E-state index contributed by atoms with van der Waals surface area (Å²) in [6.45, 7) is 0.440. The number of fused-ring (bicyclic) bond motifs is 1. The molecular weight excluding hydrogens is 468 g/mol. The minimum atomic E-state index is -0.717. The molecular formula is C25H26Cl2FNO4. The molecule has 8 heteroatoms. The Labute approximate surface area is 201 Å². The number of carbonyl (C=O) groups is 1. The fraction of sp³-hybridized carbons (Fsp3) is 0.400. The second-order valence-corrected chi connectivity index (χ2v) is 9.42. The van der Waals surface area contributed by atoms with Gasteiger partial charge >= 0.3 is 0 Å². The Balaban J connectivity index is 1.16. The third-order valence-electron chi connectivity index (χ3n) is 6.05. The average Bonchev–Trinajstić information content (AvgIpc) is 3.43. The molecule has 33 heavy (non-hydrogen) atoms. The maximum absolute atomic E-state index is 13.4. The Morgan fingerprint density at radius 2 is 2.06 bits per heavy atom. The number of Topliss-reactive ketones (excluding diaryl/α,β-unsaturated/α-hetero) is 1. The van der Waals surface area contributed by atoms with E-state index in [2.05, 4.69) is 5.32 Å². The number of ketones is 1. The van der Waals surface area contributed by atoms with Crippen molar-refractivity contribution in [2.45, 2.75) is 44.2 Å². The van der Waals surface area contributed by atoms with Gasteiger partial charge in [-0.1, -0.05) is 23.2 Å². The molecule has 1 fully saturated rings. The number of rotatable bonds is 10. The Kier molecular flexibility index (Phi) is 7.91. The lowest BCUT2D eigenvalue weighted by atomic mass is 9.99. The standard InChI is InChI=1S/C25H26Cl2FNO4/c26-17-3-8-24-16(10-17)11-25(33-24)23(31)7-2-15-1-4-18(9-15)29-13-19(30)14-32-20-5-6-21(27)22(28)12-20/h3,5-6,8,10-12,15,18-19,29-30H,1-2,4,7,9,13-14H2. The van der Waals surface area contributed by atoms with Crippen molar-refractivity contribution < 1.29 is 23.4 Å². The highest BCUT2D eigenvalue weighted by Gasteiger charge is 2.26. The molecule has 0 radical (unpaired) electrons. The van der Waals surface area contributed by atoms with Gasteiger partial charge < -0.3 is 19.6 Å². The number of furan rings is 1. The van der Waals surface area contributed by atoms with Crippen LogP contribution in [0.4, 0.5) is 4.39 Å². The SMILES string of the molecule is O=C(CCC1CCC(NCC(O)COc2ccc(Cl)c(F)c2)C1)c1cc2cc(Cl)ccc2o1. The van der Waals surface area contributed by atoms with Crippen molar-refractivity contribution >= 4 is 40.0 Å². The van der Waals surface area contributed by atoms with Crippen molar-refractivity contribution in [3.8, 4) is 5.75 Å². The van der Waals surface area contributed by atoms with Crippen LogP contribution >= 0.6 is 23.2 Å². The smallest absolute Gasteiger partial charge is 0.198 e. The molecule has 3 aromatic rings. The van der Waals surface area contributed by atoms with Crippen molar-refractivity contribution in [2.75, 3.05) is 13.2 Å². The molecule has 0 saturated heterocycles. The van der Waals surface area contributed by atoms with E-state index in [0.717, 1.165) is 31.1 Å². The van der Waals surface area contributed by atoms with Crippen molar-refractivity contribution in [1.82, 2.24) is 5.32 Å². The first-order valence-electron chi connectivity index (χ1n) is 11.1. The topological polar surface area (TPSA) is 71.7 Å². The van der Waals surface area contributed by atoms with Gasteiger partial charge in [-0.05, 0) is 68.0 Å². The monoisotopic (exact) mass is 493 g/mol. The van der Waals surface area contributed by atoms with E-state index < -0.39 is 11.9 Å². The summed E-state index contributed by atoms with van der Waals surface area (Å²) in [5, 5.41) is 15.0. The van der Waals surface area contributed by atoms with E-state index in [1.165, 1.54) is 12.1 Å². The zero-order valence-electron chi connectivity index (χ0n) is 18.0. The number of nitrogens with one attached hydrogen (secondary N) is 1. The highest BCUT2D eigenvalue weighted by molar-refractivity contribution is 6.31. The van der Waals surface area contributed by atoms with Gasteiger partial charge in [0.25, 0.3) is 0 Å². The second-order valence-electron chi connectivity index (χ2n) is 8.58. The number of halogens is 3. The van der Waals surface area contributed by atoms with E-state index in [1.54, 1.807) is 30.3 Å². The summed E-state index contributed by atoms with van der Waals surface area (Å²) in [6, 6.07) is 11.5. The molecule has 2 aromatic carbocycles. The average molecular weight is 494 g/mol. The van der Waals surface area contributed by atoms with Crippen molar-refractivity contribution in [3.05, 3.63) is 64.1 Å². The van der Waals surface area contributed by atoms with E-state index in [-0.39, 0.29) is 17.4 Å². The fourth-order valence-corrected chi connectivity index (χ4v) is 4.55. The summed E-state index contributed by atoms with van der Waals surface area (Å²) < 4.78 is 24.5. The third kappa shape index (κ3) is 6.48. The van der Waals surface area contributed by atoms with E-state index in [0.29, 0.717) is 47.0 Å². The Bertz CT molecular complexity index is 1120. The lowest BCUT2D eigenvalue weighted by Crippen LogP contribution is -2.36. The number of benzene rings is 2. The van der Waals surface area contributed by atoms with Crippen LogP contribution in [0.1, 0.15) is 42.7 Å². The Hall–Kier alpha value is -2.12. The first-order valence-corrected chi connectivity index (χ1v) is 11.8. The molecule has 0 spiro atoms. The van der Waals surface area contributed by atoms with Gasteiger partial charge in [-0.2, -0.15) is 0 Å². The van der Waals surface area contributed by atoms with Crippen LogP contribution < -0.4 is 10.1 Å². The minimum absolute atomic E-state index is 0.00457. The molecule has 3 atom stereocenters. The Morgan fingerprint density at radius 3 is 2.88 bits per heavy atom. The highest BCUT2D eigenvalue weighted by Crippen LogP contribution is 2.31. The number of ether oxygens (including phenoxy) is 1. The molecule has 4 rings (SSSR count). The molecule has 0 amide bonds. The summed E-state index contributed by atoms with van der Waals surface area (Å²) in [7, 11) is 0. The zero-order chi connectivity index (χ0) is 23.4. The van der Waals surface area contributed by atoms with Crippen LogP contribution in [0.2, 0.25) is 10.0 Å². The molecule has 3 unspecified atom stereocenters. The molecule has 1 heterocycles. The van der Waals surface area contributed by atoms with Crippen LogP contribution in [0.25, 0.3) is 11.0 Å². The predicted molar refractivity (Wildman–Crippen MR) is 127 cm³/mol. The van der Waals surface area contributed by atoms with Crippen molar-refractivity contribution in [2.24, 2.45) is 5.92 Å². The summed E-state index contributed by atoms with van der Waals surface area (Å²) in [5.41, 5.74) is 0.664. The second kappa shape index (κ2) is 10.9. The van der Waals surface area contributed by atoms with E-state index in [9.17, 15) is 14.3 Å². The third-order valence-corrected chi connectivity index (χ3v) is 6.59. The van der Waals surface area contributed by atoms with Crippen LogP contribution in [0.15, 0.2) is 46.9 Å². The lowest BCUT2D eigenvalue weighted by molar-refractivity contribution is 0.0948. The van der Waals surface area contributed by atoms with Crippen LogP contribution in [-0.4, -0.2) is 36.2 Å². The maximum atomic E-state index is 13.4. The van der Waals surface area contributed by atoms with Gasteiger partial charge in [0, 0.05) is 35.5 Å². The van der Waals surface area contributed by atoms with Gasteiger partial charge in [0.05, 0.1) is 5.02 Å². The normalized spacial score (nSPS) is 19.2. The predicted octanol–water partition coefficient (Wildman–Crippen LogP) is 6.04. The van der Waals surface area contributed by atoms with E-state index in [1.807, 2.05) is 0 Å². The van der Waals surface area contributed by atoms with Gasteiger partial charge in [-0.3, -0.25) is 4.79 Å². The van der Waals surface area contributed by atoms with Crippen molar-refractivity contribution in [1.29, 1.82) is 0 Å². The minimum Gasteiger partial charge on any atom is -0.491 e. The Morgan fingerprint density at radius 1 is 1.21 bits per heavy atom. The fourth-order valence-electron chi connectivity index (χ4n) is 4.25. The summed E-state index contributed by atoms with van der Waals surface area (Å²) in [4.78, 5) is 12.6. The van der Waals surface area contributed by atoms with E-state index in [4.69, 9.17) is 32.4 Å². The number of hydrogen-bond donors (Lipinski definition) is 2. The molecule has 1 aliphatic carbocycles. The summed E-state index contributed by atoms with van der Waals surface area (Å²) in [6.07, 6.45) is 3.53. The molecule has 0 bridgehead atoms. The quantitative estimate of drug-likeness (QED) is 0.337. The first kappa shape index (κ1) is 24.0.